The molecule has 2 nitrogen and oxygen atoms in total. The van der Waals surface area contributed by atoms with Crippen molar-refractivity contribution in [3.8, 4) is 0 Å². The number of hydrogen-bond donors (Lipinski definition) is 1. The van der Waals surface area contributed by atoms with Crippen molar-refractivity contribution in [1.29, 1.82) is 0 Å². The van der Waals surface area contributed by atoms with Crippen LogP contribution in [0, 0.1) is 6.92 Å². The summed E-state index contributed by atoms with van der Waals surface area (Å²) in [5.41, 5.74) is 4.10. The lowest BCUT2D eigenvalue weighted by atomic mass is 10.1. The molecule has 0 bridgehead atoms. The number of nitrogens with one attached hydrogen (secondary N) is 1. The number of nitrogens with zero attached hydrogens (tertiary/aromatic N) is 1. The topological polar surface area (TPSA) is 15.3 Å². The van der Waals surface area contributed by atoms with Crippen LogP contribution in [0.15, 0.2) is 18.2 Å². The van der Waals surface area contributed by atoms with Gasteiger partial charge in [-0.25, -0.2) is 0 Å². The SMILES string of the molecule is Cc1ccc2c(c1)NCCC1CCCN21. The van der Waals surface area contributed by atoms with Crippen LogP contribution in [0.1, 0.15) is 24.8 Å². The molecule has 1 fully saturated rings. The van der Waals surface area contributed by atoms with Gasteiger partial charge in [-0.05, 0) is 43.9 Å². The molecule has 15 heavy (non-hydrogen) atoms. The smallest absolute Gasteiger partial charge is 0.0604 e. The molecule has 1 saturated heterocycles. The molecule has 2 aliphatic rings. The number of benzene rings is 1. The van der Waals surface area contributed by atoms with Crippen LogP contribution in [-0.2, 0) is 0 Å². The van der Waals surface area contributed by atoms with Crippen LogP contribution < -0.4 is 10.2 Å². The van der Waals surface area contributed by atoms with E-state index in [9.17, 15) is 0 Å². The van der Waals surface area contributed by atoms with Crippen molar-refractivity contribution in [3.05, 3.63) is 23.8 Å². The standard InChI is InChI=1S/C13H18N2/c1-10-4-5-13-12(9-10)14-7-6-11-3-2-8-15(11)13/h4-5,9,11,14H,2-3,6-8H2,1H3. The van der Waals surface area contributed by atoms with E-state index >= 15 is 0 Å². The van der Waals surface area contributed by atoms with E-state index in [0.717, 1.165) is 12.6 Å². The van der Waals surface area contributed by atoms with Gasteiger partial charge in [0.2, 0.25) is 0 Å². The largest absolute Gasteiger partial charge is 0.383 e. The molecule has 3 rings (SSSR count). The zero-order chi connectivity index (χ0) is 10.3. The highest BCUT2D eigenvalue weighted by Crippen LogP contribution is 2.35. The minimum Gasteiger partial charge on any atom is -0.383 e. The van der Waals surface area contributed by atoms with E-state index in [0.29, 0.717) is 0 Å². The highest BCUT2D eigenvalue weighted by atomic mass is 15.2. The lowest BCUT2D eigenvalue weighted by molar-refractivity contribution is 0.638. The van der Waals surface area contributed by atoms with Crippen LogP contribution >= 0.6 is 0 Å². The molecule has 1 atom stereocenters. The summed E-state index contributed by atoms with van der Waals surface area (Å²) < 4.78 is 0. The number of aryl methyl sites for hydroxylation is 1. The lowest BCUT2D eigenvalue weighted by Gasteiger charge is -2.25. The first-order chi connectivity index (χ1) is 7.34. The van der Waals surface area contributed by atoms with E-state index in [4.69, 9.17) is 0 Å². The Balaban J connectivity index is 2.05. The first-order valence-corrected chi connectivity index (χ1v) is 5.96. The molecule has 1 aromatic carbocycles. The normalized spacial score (nSPS) is 24.1. The zero-order valence-corrected chi connectivity index (χ0v) is 9.29. The summed E-state index contributed by atoms with van der Waals surface area (Å²) in [6.45, 7) is 4.52. The Kier molecular flexibility index (Phi) is 2.08. The van der Waals surface area contributed by atoms with Gasteiger partial charge >= 0.3 is 0 Å². The second-order valence-electron chi connectivity index (χ2n) is 4.73. The average Bonchev–Trinajstić information content (AvgIpc) is 2.61. The summed E-state index contributed by atoms with van der Waals surface area (Å²) in [5.74, 6) is 0. The zero-order valence-electron chi connectivity index (χ0n) is 9.29. The number of anilines is 2. The summed E-state index contributed by atoms with van der Waals surface area (Å²) in [6, 6.07) is 7.56. The van der Waals surface area contributed by atoms with Crippen LogP contribution in [0.2, 0.25) is 0 Å². The minimum absolute atomic E-state index is 0.779. The maximum atomic E-state index is 3.55. The molecular formula is C13H18N2. The van der Waals surface area contributed by atoms with Gasteiger partial charge in [0.15, 0.2) is 0 Å². The van der Waals surface area contributed by atoms with Gasteiger partial charge < -0.3 is 10.2 Å². The van der Waals surface area contributed by atoms with Gasteiger partial charge in [0.25, 0.3) is 0 Å². The van der Waals surface area contributed by atoms with Crippen LogP contribution in [-0.4, -0.2) is 19.1 Å². The van der Waals surface area contributed by atoms with Crippen LogP contribution in [0.5, 0.6) is 0 Å². The maximum Gasteiger partial charge on any atom is 0.0604 e. The van der Waals surface area contributed by atoms with Gasteiger partial charge in [-0.1, -0.05) is 6.07 Å². The Morgan fingerprint density at radius 3 is 3.20 bits per heavy atom. The van der Waals surface area contributed by atoms with E-state index in [1.165, 1.54) is 42.7 Å². The highest BCUT2D eigenvalue weighted by molar-refractivity contribution is 5.72. The Bertz CT molecular complexity index is 373. The van der Waals surface area contributed by atoms with Gasteiger partial charge in [-0.2, -0.15) is 0 Å². The van der Waals surface area contributed by atoms with Gasteiger partial charge in [0.1, 0.15) is 0 Å². The molecule has 1 N–H and O–H groups in total. The molecule has 0 aromatic heterocycles. The van der Waals surface area contributed by atoms with Crippen LogP contribution in [0.4, 0.5) is 11.4 Å². The molecule has 0 spiro atoms. The molecule has 1 unspecified atom stereocenters. The van der Waals surface area contributed by atoms with E-state index in [-0.39, 0.29) is 0 Å². The fourth-order valence-corrected chi connectivity index (χ4v) is 2.87. The number of rotatable bonds is 0. The molecule has 80 valence electrons. The second kappa shape index (κ2) is 3.44. The minimum atomic E-state index is 0.779. The van der Waals surface area contributed by atoms with Crippen molar-refractivity contribution >= 4 is 11.4 Å². The van der Waals surface area contributed by atoms with Gasteiger partial charge in [0.05, 0.1) is 11.4 Å². The third-order valence-electron chi connectivity index (χ3n) is 3.63. The van der Waals surface area contributed by atoms with Crippen molar-refractivity contribution in [3.63, 3.8) is 0 Å². The van der Waals surface area contributed by atoms with Gasteiger partial charge in [-0.15, -0.1) is 0 Å². The van der Waals surface area contributed by atoms with Gasteiger partial charge in [0, 0.05) is 19.1 Å². The molecule has 0 radical (unpaired) electrons. The van der Waals surface area contributed by atoms with Crippen molar-refractivity contribution in [2.75, 3.05) is 23.3 Å². The highest BCUT2D eigenvalue weighted by Gasteiger charge is 2.27. The van der Waals surface area contributed by atoms with E-state index in [1.807, 2.05) is 0 Å². The van der Waals surface area contributed by atoms with E-state index in [1.54, 1.807) is 0 Å². The van der Waals surface area contributed by atoms with Crippen molar-refractivity contribution < 1.29 is 0 Å². The van der Waals surface area contributed by atoms with Crippen molar-refractivity contribution in [1.82, 2.24) is 0 Å². The molecule has 0 aliphatic carbocycles. The summed E-state index contributed by atoms with van der Waals surface area (Å²) >= 11 is 0. The van der Waals surface area contributed by atoms with Crippen molar-refractivity contribution in [2.24, 2.45) is 0 Å². The van der Waals surface area contributed by atoms with Crippen LogP contribution in [0.3, 0.4) is 0 Å². The van der Waals surface area contributed by atoms with Crippen LogP contribution in [0.25, 0.3) is 0 Å². The molecule has 1 aromatic rings. The number of hydrogen-bond acceptors (Lipinski definition) is 2. The molecule has 2 aliphatic heterocycles. The maximum absolute atomic E-state index is 3.55. The fourth-order valence-electron chi connectivity index (χ4n) is 2.87. The third kappa shape index (κ3) is 1.48. The Labute approximate surface area is 91.3 Å². The third-order valence-corrected chi connectivity index (χ3v) is 3.63. The Hall–Kier alpha value is -1.18. The fraction of sp³-hybridized carbons (Fsp3) is 0.538. The second-order valence-corrected chi connectivity index (χ2v) is 4.73. The molecule has 2 heterocycles. The predicted octanol–water partition coefficient (Wildman–Crippen LogP) is 2.78. The van der Waals surface area contributed by atoms with E-state index in [2.05, 4.69) is 35.3 Å². The molecular weight excluding hydrogens is 184 g/mol. The number of fused-ring (bicyclic) bond motifs is 3. The summed E-state index contributed by atoms with van der Waals surface area (Å²) in [7, 11) is 0. The summed E-state index contributed by atoms with van der Waals surface area (Å²) in [4.78, 5) is 2.59. The Morgan fingerprint density at radius 1 is 1.33 bits per heavy atom. The molecule has 2 heteroatoms. The monoisotopic (exact) mass is 202 g/mol. The predicted molar refractivity (Wildman–Crippen MR) is 64.7 cm³/mol. The molecule has 0 saturated carbocycles. The van der Waals surface area contributed by atoms with Gasteiger partial charge in [-0.3, -0.25) is 0 Å². The first kappa shape index (κ1) is 9.08. The molecule has 0 amide bonds. The Morgan fingerprint density at radius 2 is 2.27 bits per heavy atom. The summed E-state index contributed by atoms with van der Waals surface area (Å²) in [5, 5.41) is 3.55. The first-order valence-electron chi connectivity index (χ1n) is 5.96. The average molecular weight is 202 g/mol. The van der Waals surface area contributed by atoms with E-state index < -0.39 is 0 Å². The lowest BCUT2D eigenvalue weighted by Crippen LogP contribution is -2.28. The van der Waals surface area contributed by atoms with Crippen molar-refractivity contribution in [2.45, 2.75) is 32.2 Å². The quantitative estimate of drug-likeness (QED) is 0.696. The summed E-state index contributed by atoms with van der Waals surface area (Å²) in [6.07, 6.45) is 4.01.